The van der Waals surface area contributed by atoms with Crippen LogP contribution in [0, 0.1) is 0 Å². The molecule has 1 aliphatic heterocycles. The summed E-state index contributed by atoms with van der Waals surface area (Å²) in [7, 11) is 0. The Morgan fingerprint density at radius 3 is 2.73 bits per heavy atom. The van der Waals surface area contributed by atoms with Crippen molar-refractivity contribution in [1.29, 1.82) is 0 Å². The second-order valence-electron chi connectivity index (χ2n) is 8.37. The van der Waals surface area contributed by atoms with Gasteiger partial charge < -0.3 is 15.8 Å². The number of rotatable bonds is 5. The lowest BCUT2D eigenvalue weighted by molar-refractivity contribution is 0.109. The summed E-state index contributed by atoms with van der Waals surface area (Å²) in [6, 6.07) is 23.1. The molecular formula is C27H25N5O. The molecule has 5 aromatic rings. The molecule has 0 atom stereocenters. The van der Waals surface area contributed by atoms with Crippen LogP contribution in [0.4, 0.5) is 11.5 Å². The first-order valence-corrected chi connectivity index (χ1v) is 11.3. The van der Waals surface area contributed by atoms with Gasteiger partial charge in [-0.05, 0) is 47.5 Å². The van der Waals surface area contributed by atoms with E-state index in [9.17, 15) is 0 Å². The fraction of sp³-hybridized carbons (Fsp3) is 0.185. The first kappa shape index (κ1) is 19.9. The highest BCUT2D eigenvalue weighted by atomic mass is 16.5. The molecule has 6 rings (SSSR count). The monoisotopic (exact) mass is 435 g/mol. The van der Waals surface area contributed by atoms with Crippen LogP contribution in [-0.2, 0) is 24.2 Å². The molecule has 0 unspecified atom stereocenters. The van der Waals surface area contributed by atoms with Crippen molar-refractivity contribution in [3.05, 3.63) is 89.7 Å². The van der Waals surface area contributed by atoms with Crippen LogP contribution in [0.2, 0.25) is 0 Å². The van der Waals surface area contributed by atoms with Gasteiger partial charge in [0.15, 0.2) is 0 Å². The van der Waals surface area contributed by atoms with Gasteiger partial charge in [0.2, 0.25) is 5.95 Å². The van der Waals surface area contributed by atoms with E-state index in [1.807, 2.05) is 6.07 Å². The quantitative estimate of drug-likeness (QED) is 0.411. The van der Waals surface area contributed by atoms with E-state index in [4.69, 9.17) is 20.4 Å². The van der Waals surface area contributed by atoms with Gasteiger partial charge in [-0.3, -0.25) is 4.57 Å². The summed E-state index contributed by atoms with van der Waals surface area (Å²) in [6.07, 6.45) is 3.71. The van der Waals surface area contributed by atoms with Crippen molar-refractivity contribution in [3.63, 3.8) is 0 Å². The molecule has 164 valence electrons. The molecule has 0 bridgehead atoms. The minimum absolute atomic E-state index is 0.510. The van der Waals surface area contributed by atoms with E-state index in [1.165, 1.54) is 21.7 Å². The number of nitrogens with zero attached hydrogens (tertiary/aromatic N) is 3. The molecule has 0 saturated heterocycles. The lowest BCUT2D eigenvalue weighted by Crippen LogP contribution is -2.17. The van der Waals surface area contributed by atoms with Crippen molar-refractivity contribution >= 4 is 33.2 Å². The Morgan fingerprint density at radius 2 is 1.82 bits per heavy atom. The summed E-state index contributed by atoms with van der Waals surface area (Å²) in [5, 5.41) is 7.14. The average Bonchev–Trinajstić information content (AvgIpc) is 3.23. The third-order valence-electron chi connectivity index (χ3n) is 6.25. The predicted molar refractivity (Wildman–Crippen MR) is 132 cm³/mol. The molecule has 1 aliphatic rings. The first-order chi connectivity index (χ1) is 16.3. The fourth-order valence-electron chi connectivity index (χ4n) is 4.60. The van der Waals surface area contributed by atoms with Crippen molar-refractivity contribution in [2.24, 2.45) is 5.73 Å². The maximum Gasteiger partial charge on any atom is 0.236 e. The number of aromatic nitrogens is 3. The van der Waals surface area contributed by atoms with Gasteiger partial charge in [-0.25, -0.2) is 4.98 Å². The molecule has 6 heteroatoms. The van der Waals surface area contributed by atoms with E-state index in [2.05, 4.69) is 76.7 Å². The lowest BCUT2D eigenvalue weighted by atomic mass is 10.1. The van der Waals surface area contributed by atoms with Crippen molar-refractivity contribution < 1.29 is 4.74 Å². The van der Waals surface area contributed by atoms with E-state index in [0.29, 0.717) is 25.7 Å². The highest BCUT2D eigenvalue weighted by Crippen LogP contribution is 2.30. The standard InChI is InChI=1S/C27H25N5O/c28-13-11-20-16-32(25-8-4-3-7-22(20)25)27-30-24-12-14-33-17-23(24)26(31-27)29-21-10-9-18-5-1-2-6-19(18)15-21/h1-10,15-16H,11-14,17,28H2,(H,29,30,31). The average molecular weight is 436 g/mol. The minimum Gasteiger partial charge on any atom is -0.376 e. The zero-order valence-corrected chi connectivity index (χ0v) is 18.3. The van der Waals surface area contributed by atoms with Crippen LogP contribution in [0.1, 0.15) is 16.8 Å². The molecule has 33 heavy (non-hydrogen) atoms. The number of nitrogens with two attached hydrogens (primary N) is 1. The number of para-hydroxylation sites is 1. The minimum atomic E-state index is 0.510. The Labute approximate surface area is 192 Å². The van der Waals surface area contributed by atoms with Crippen LogP contribution in [-0.4, -0.2) is 27.7 Å². The fourth-order valence-corrected chi connectivity index (χ4v) is 4.60. The van der Waals surface area contributed by atoms with Gasteiger partial charge in [0.1, 0.15) is 5.82 Å². The Kier molecular flexibility index (Phi) is 5.02. The molecule has 0 fully saturated rings. The summed E-state index contributed by atoms with van der Waals surface area (Å²) in [6.45, 7) is 1.78. The molecule has 3 N–H and O–H groups in total. The number of ether oxygens (including phenoxy) is 1. The normalized spacial score (nSPS) is 13.4. The zero-order chi connectivity index (χ0) is 22.2. The summed E-state index contributed by atoms with van der Waals surface area (Å²) in [4.78, 5) is 9.94. The molecule has 0 amide bonds. The van der Waals surface area contributed by atoms with Gasteiger partial charge >= 0.3 is 0 Å². The highest BCUT2D eigenvalue weighted by molar-refractivity contribution is 5.87. The van der Waals surface area contributed by atoms with E-state index < -0.39 is 0 Å². The number of fused-ring (bicyclic) bond motifs is 3. The second-order valence-corrected chi connectivity index (χ2v) is 8.37. The number of nitrogens with one attached hydrogen (secondary N) is 1. The summed E-state index contributed by atoms with van der Waals surface area (Å²) >= 11 is 0. The van der Waals surface area contributed by atoms with E-state index in [0.717, 1.165) is 41.1 Å². The van der Waals surface area contributed by atoms with Gasteiger partial charge in [-0.1, -0.05) is 48.5 Å². The summed E-state index contributed by atoms with van der Waals surface area (Å²) in [5.41, 5.74) is 11.2. The van der Waals surface area contributed by atoms with Gasteiger partial charge in [0, 0.05) is 29.3 Å². The van der Waals surface area contributed by atoms with Crippen molar-refractivity contribution in [2.75, 3.05) is 18.5 Å². The smallest absolute Gasteiger partial charge is 0.236 e. The Balaban J connectivity index is 1.48. The van der Waals surface area contributed by atoms with Crippen molar-refractivity contribution in [2.45, 2.75) is 19.4 Å². The number of benzene rings is 3. The molecular weight excluding hydrogens is 410 g/mol. The van der Waals surface area contributed by atoms with Gasteiger partial charge in [0.25, 0.3) is 0 Å². The summed E-state index contributed by atoms with van der Waals surface area (Å²) in [5.74, 6) is 1.46. The Morgan fingerprint density at radius 1 is 0.970 bits per heavy atom. The molecule has 0 aliphatic carbocycles. The second kappa shape index (κ2) is 8.31. The largest absolute Gasteiger partial charge is 0.376 e. The highest BCUT2D eigenvalue weighted by Gasteiger charge is 2.20. The van der Waals surface area contributed by atoms with Crippen LogP contribution in [0.3, 0.4) is 0 Å². The van der Waals surface area contributed by atoms with Gasteiger partial charge in [0.05, 0.1) is 24.4 Å². The third-order valence-corrected chi connectivity index (χ3v) is 6.25. The Bertz CT molecular complexity index is 1470. The maximum absolute atomic E-state index is 5.88. The first-order valence-electron chi connectivity index (χ1n) is 11.3. The van der Waals surface area contributed by atoms with E-state index >= 15 is 0 Å². The van der Waals surface area contributed by atoms with Crippen molar-refractivity contribution in [3.8, 4) is 5.95 Å². The number of anilines is 2. The molecule has 0 spiro atoms. The molecule has 0 radical (unpaired) electrons. The Hall–Kier alpha value is -3.74. The molecule has 2 aromatic heterocycles. The third kappa shape index (κ3) is 3.63. The van der Waals surface area contributed by atoms with Crippen LogP contribution in [0.25, 0.3) is 27.6 Å². The van der Waals surface area contributed by atoms with Gasteiger partial charge in [-0.2, -0.15) is 4.98 Å². The SMILES string of the molecule is NCCc1cn(-c2nc3c(c(Nc4ccc5ccccc5c4)n2)COCC3)c2ccccc12. The van der Waals surface area contributed by atoms with Crippen molar-refractivity contribution in [1.82, 2.24) is 14.5 Å². The predicted octanol–water partition coefficient (Wildman–Crippen LogP) is 4.89. The van der Waals surface area contributed by atoms with Crippen LogP contribution in [0.15, 0.2) is 72.9 Å². The topological polar surface area (TPSA) is 78.0 Å². The molecule has 3 heterocycles. The number of hydrogen-bond acceptors (Lipinski definition) is 5. The molecule has 6 nitrogen and oxygen atoms in total. The van der Waals surface area contributed by atoms with Crippen LogP contribution >= 0.6 is 0 Å². The van der Waals surface area contributed by atoms with Crippen LogP contribution in [0.5, 0.6) is 0 Å². The van der Waals surface area contributed by atoms with E-state index in [1.54, 1.807) is 0 Å². The van der Waals surface area contributed by atoms with Gasteiger partial charge in [-0.15, -0.1) is 0 Å². The lowest BCUT2D eigenvalue weighted by Gasteiger charge is -2.20. The molecule has 3 aromatic carbocycles. The number of hydrogen-bond donors (Lipinski definition) is 2. The summed E-state index contributed by atoms with van der Waals surface area (Å²) < 4.78 is 7.84. The van der Waals surface area contributed by atoms with Crippen LogP contribution < -0.4 is 11.1 Å². The zero-order valence-electron chi connectivity index (χ0n) is 18.3. The van der Waals surface area contributed by atoms with E-state index in [-0.39, 0.29) is 0 Å². The maximum atomic E-state index is 5.88. The molecule has 0 saturated carbocycles.